The Hall–Kier alpha value is -5.05. The summed E-state index contributed by atoms with van der Waals surface area (Å²) in [5, 5.41) is 15.3. The molecule has 1 fully saturated rings. The van der Waals surface area contributed by atoms with E-state index in [1.807, 2.05) is 37.3 Å². The SMILES string of the molecule is CCOc1ccc(/C(O)=C2/C(=O)C(=O)N(c3cc(C)on3)C2c2ccc(OCc3ccccc3)c(OC)c2)cc1. The van der Waals surface area contributed by atoms with Gasteiger partial charge >= 0.3 is 5.91 Å². The standard InChI is InChI=1S/C31H28N2O7/c1-4-38-23-13-10-21(11-14-23)29(34)27-28(33(31(36)30(27)35)26-16-19(2)40-32-26)22-12-15-24(25(17-22)37-3)39-18-20-8-6-5-7-9-20/h5-17,28,34H,4,18H2,1-3H3/b29-27-. The summed E-state index contributed by atoms with van der Waals surface area (Å²) >= 11 is 0. The van der Waals surface area contributed by atoms with Crippen LogP contribution in [0.4, 0.5) is 5.82 Å². The maximum atomic E-state index is 13.4. The van der Waals surface area contributed by atoms with Crippen molar-refractivity contribution in [2.24, 2.45) is 0 Å². The third kappa shape index (κ3) is 5.13. The Balaban J connectivity index is 1.58. The fraction of sp³-hybridized carbons (Fsp3) is 0.194. The van der Waals surface area contributed by atoms with Crippen molar-refractivity contribution in [3.63, 3.8) is 0 Å². The van der Waals surface area contributed by atoms with E-state index in [1.165, 1.54) is 12.0 Å². The minimum absolute atomic E-state index is 0.0881. The summed E-state index contributed by atoms with van der Waals surface area (Å²) in [5.74, 6) is 0.104. The molecule has 5 rings (SSSR count). The molecular weight excluding hydrogens is 512 g/mol. The zero-order chi connectivity index (χ0) is 28.2. The molecule has 9 nitrogen and oxygen atoms in total. The van der Waals surface area contributed by atoms with Gasteiger partial charge in [0.1, 0.15) is 23.9 Å². The van der Waals surface area contributed by atoms with Crippen molar-refractivity contribution in [1.29, 1.82) is 0 Å². The molecule has 1 N–H and O–H groups in total. The number of Topliss-reactive ketones (excluding diaryl/α,β-unsaturated/α-hetero) is 1. The second-order valence-electron chi connectivity index (χ2n) is 9.11. The smallest absolute Gasteiger partial charge is 0.301 e. The van der Waals surface area contributed by atoms with E-state index in [-0.39, 0.29) is 17.2 Å². The predicted octanol–water partition coefficient (Wildman–Crippen LogP) is 5.60. The molecule has 1 aromatic heterocycles. The van der Waals surface area contributed by atoms with E-state index in [2.05, 4.69) is 5.16 Å². The number of amides is 1. The number of carbonyl (C=O) groups excluding carboxylic acids is 2. The zero-order valence-electron chi connectivity index (χ0n) is 22.3. The number of aryl methyl sites for hydroxylation is 1. The molecule has 1 aliphatic rings. The summed E-state index contributed by atoms with van der Waals surface area (Å²) in [6.07, 6.45) is 0. The Morgan fingerprint density at radius 1 is 0.975 bits per heavy atom. The minimum atomic E-state index is -1.01. The number of methoxy groups -OCH3 is 1. The monoisotopic (exact) mass is 540 g/mol. The molecule has 0 bridgehead atoms. The maximum Gasteiger partial charge on any atom is 0.301 e. The van der Waals surface area contributed by atoms with Crippen LogP contribution in [0.1, 0.15) is 35.4 Å². The number of ketones is 1. The molecule has 1 amide bonds. The van der Waals surface area contributed by atoms with Crippen molar-refractivity contribution in [2.45, 2.75) is 26.5 Å². The average Bonchev–Trinajstić information content (AvgIpc) is 3.52. The largest absolute Gasteiger partial charge is 0.507 e. The zero-order valence-corrected chi connectivity index (χ0v) is 22.3. The molecule has 4 aromatic rings. The van der Waals surface area contributed by atoms with Gasteiger partial charge in [-0.15, -0.1) is 0 Å². The number of carbonyl (C=O) groups is 2. The summed E-state index contributed by atoms with van der Waals surface area (Å²) in [5.41, 5.74) is 1.77. The highest BCUT2D eigenvalue weighted by atomic mass is 16.5. The van der Waals surface area contributed by atoms with Gasteiger partial charge in [0.25, 0.3) is 5.78 Å². The van der Waals surface area contributed by atoms with Crippen LogP contribution in [0.2, 0.25) is 0 Å². The number of rotatable bonds is 9. The van der Waals surface area contributed by atoms with Crippen LogP contribution < -0.4 is 19.1 Å². The van der Waals surface area contributed by atoms with E-state index in [9.17, 15) is 14.7 Å². The molecule has 1 unspecified atom stereocenters. The fourth-order valence-electron chi connectivity index (χ4n) is 4.59. The van der Waals surface area contributed by atoms with Crippen LogP contribution in [0.25, 0.3) is 5.76 Å². The van der Waals surface area contributed by atoms with Gasteiger partial charge in [-0.1, -0.05) is 41.6 Å². The van der Waals surface area contributed by atoms with Crippen LogP contribution in [-0.4, -0.2) is 35.7 Å². The molecule has 40 heavy (non-hydrogen) atoms. The minimum Gasteiger partial charge on any atom is -0.507 e. The first-order valence-electron chi connectivity index (χ1n) is 12.7. The van der Waals surface area contributed by atoms with E-state index >= 15 is 0 Å². The third-order valence-corrected chi connectivity index (χ3v) is 6.49. The first kappa shape index (κ1) is 26.6. The fourth-order valence-corrected chi connectivity index (χ4v) is 4.59. The van der Waals surface area contributed by atoms with E-state index in [0.717, 1.165) is 5.56 Å². The summed E-state index contributed by atoms with van der Waals surface area (Å²) < 4.78 is 22.3. The van der Waals surface area contributed by atoms with Gasteiger partial charge in [0.05, 0.1) is 25.3 Å². The van der Waals surface area contributed by atoms with Gasteiger partial charge in [-0.3, -0.25) is 14.5 Å². The maximum absolute atomic E-state index is 13.4. The van der Waals surface area contributed by atoms with Crippen molar-refractivity contribution < 1.29 is 33.4 Å². The van der Waals surface area contributed by atoms with Gasteiger partial charge in [0.15, 0.2) is 17.3 Å². The Morgan fingerprint density at radius 3 is 2.38 bits per heavy atom. The first-order valence-corrected chi connectivity index (χ1v) is 12.7. The Kier molecular flexibility index (Phi) is 7.54. The number of anilines is 1. The quantitative estimate of drug-likeness (QED) is 0.166. The molecule has 1 aliphatic heterocycles. The Labute approximate surface area is 231 Å². The predicted molar refractivity (Wildman–Crippen MR) is 147 cm³/mol. The number of hydrogen-bond acceptors (Lipinski definition) is 8. The molecule has 3 aromatic carbocycles. The van der Waals surface area contributed by atoms with Crippen molar-refractivity contribution in [2.75, 3.05) is 18.6 Å². The van der Waals surface area contributed by atoms with Gasteiger partial charge in [-0.25, -0.2) is 0 Å². The highest BCUT2D eigenvalue weighted by molar-refractivity contribution is 6.51. The molecule has 0 saturated carbocycles. The van der Waals surface area contributed by atoms with E-state index in [1.54, 1.807) is 55.5 Å². The number of hydrogen-bond donors (Lipinski definition) is 1. The van der Waals surface area contributed by atoms with Crippen molar-refractivity contribution in [1.82, 2.24) is 5.16 Å². The van der Waals surface area contributed by atoms with Gasteiger partial charge in [-0.2, -0.15) is 0 Å². The Morgan fingerprint density at radius 2 is 1.73 bits per heavy atom. The lowest BCUT2D eigenvalue weighted by Crippen LogP contribution is -2.29. The normalized spacial score (nSPS) is 16.3. The second-order valence-corrected chi connectivity index (χ2v) is 9.11. The van der Waals surface area contributed by atoms with Crippen LogP contribution in [0.3, 0.4) is 0 Å². The highest BCUT2D eigenvalue weighted by Crippen LogP contribution is 2.44. The molecular formula is C31H28N2O7. The summed E-state index contributed by atoms with van der Waals surface area (Å²) in [7, 11) is 1.51. The van der Waals surface area contributed by atoms with Crippen molar-refractivity contribution in [3.05, 3.63) is 107 Å². The average molecular weight is 541 g/mol. The van der Waals surface area contributed by atoms with E-state index in [4.69, 9.17) is 18.7 Å². The summed E-state index contributed by atoms with van der Waals surface area (Å²) in [6.45, 7) is 4.36. The number of benzene rings is 3. The highest BCUT2D eigenvalue weighted by Gasteiger charge is 2.48. The molecule has 9 heteroatoms. The van der Waals surface area contributed by atoms with Crippen molar-refractivity contribution in [3.8, 4) is 17.2 Å². The van der Waals surface area contributed by atoms with Gasteiger partial charge < -0.3 is 23.8 Å². The molecule has 0 aliphatic carbocycles. The molecule has 1 atom stereocenters. The van der Waals surface area contributed by atoms with Crippen LogP contribution in [0.5, 0.6) is 17.2 Å². The molecule has 0 spiro atoms. The Bertz CT molecular complexity index is 1560. The first-order chi connectivity index (χ1) is 19.4. The van der Waals surface area contributed by atoms with Gasteiger partial charge in [0, 0.05) is 11.6 Å². The second kappa shape index (κ2) is 11.4. The van der Waals surface area contributed by atoms with Crippen LogP contribution >= 0.6 is 0 Å². The van der Waals surface area contributed by atoms with E-state index in [0.29, 0.717) is 47.3 Å². The van der Waals surface area contributed by atoms with Crippen LogP contribution in [-0.2, 0) is 16.2 Å². The van der Waals surface area contributed by atoms with Gasteiger partial charge in [-0.05, 0) is 61.4 Å². The van der Waals surface area contributed by atoms with Crippen LogP contribution in [0, 0.1) is 6.92 Å². The number of aliphatic hydroxyl groups excluding tert-OH is 1. The topological polar surface area (TPSA) is 111 Å². The van der Waals surface area contributed by atoms with Gasteiger partial charge in [0.2, 0.25) is 0 Å². The third-order valence-electron chi connectivity index (χ3n) is 6.49. The number of nitrogens with zero attached hydrogens (tertiary/aromatic N) is 2. The molecule has 204 valence electrons. The summed E-state index contributed by atoms with van der Waals surface area (Å²) in [4.78, 5) is 28.0. The lowest BCUT2D eigenvalue weighted by atomic mass is 9.95. The molecule has 2 heterocycles. The molecule has 1 saturated heterocycles. The van der Waals surface area contributed by atoms with Crippen molar-refractivity contribution >= 4 is 23.3 Å². The number of ether oxygens (including phenoxy) is 3. The van der Waals surface area contributed by atoms with E-state index < -0.39 is 17.7 Å². The van der Waals surface area contributed by atoms with Crippen LogP contribution in [0.15, 0.2) is 89.0 Å². The number of aromatic nitrogens is 1. The number of aliphatic hydroxyl groups is 1. The lowest BCUT2D eigenvalue weighted by molar-refractivity contribution is -0.132. The lowest BCUT2D eigenvalue weighted by Gasteiger charge is -2.24. The summed E-state index contributed by atoms with van der Waals surface area (Å²) in [6, 6.07) is 22.0. The molecule has 0 radical (unpaired) electrons.